The standard InChI is InChI=1S/C12H14N2O3S/c1-14(8-2-3-8)11(15)7-18-9-4-5-13-10(6-9)12(16)17/h4-6,8H,2-3,7H2,1H3,(H,16,17). The van der Waals surface area contributed by atoms with Gasteiger partial charge in [0.2, 0.25) is 5.91 Å². The van der Waals surface area contributed by atoms with Gasteiger partial charge in [-0.3, -0.25) is 4.79 Å². The molecule has 1 saturated carbocycles. The SMILES string of the molecule is CN(C(=O)CSc1ccnc(C(=O)O)c1)C1CC1. The Hall–Kier alpha value is -1.56. The molecule has 1 heterocycles. The van der Waals surface area contributed by atoms with E-state index in [9.17, 15) is 9.59 Å². The molecule has 96 valence electrons. The third-order valence-electron chi connectivity index (χ3n) is 2.80. The Morgan fingerprint density at radius 3 is 2.89 bits per heavy atom. The third-order valence-corrected chi connectivity index (χ3v) is 3.78. The number of aromatic carboxylic acids is 1. The number of carbonyl (C=O) groups is 2. The largest absolute Gasteiger partial charge is 0.477 e. The normalized spacial score (nSPS) is 14.3. The quantitative estimate of drug-likeness (QED) is 0.818. The van der Waals surface area contributed by atoms with Crippen LogP contribution in [0.1, 0.15) is 23.3 Å². The Bertz CT molecular complexity index is 474. The van der Waals surface area contributed by atoms with Gasteiger partial charge in [-0.1, -0.05) is 0 Å². The van der Waals surface area contributed by atoms with Gasteiger partial charge in [0.25, 0.3) is 0 Å². The molecule has 6 heteroatoms. The van der Waals surface area contributed by atoms with Crippen molar-refractivity contribution in [1.29, 1.82) is 0 Å². The van der Waals surface area contributed by atoms with E-state index in [4.69, 9.17) is 5.11 Å². The van der Waals surface area contributed by atoms with Crippen LogP contribution in [0.5, 0.6) is 0 Å². The van der Waals surface area contributed by atoms with E-state index in [0.717, 1.165) is 17.7 Å². The summed E-state index contributed by atoms with van der Waals surface area (Å²) in [5, 5.41) is 8.81. The molecular formula is C12H14N2O3S. The maximum atomic E-state index is 11.8. The van der Waals surface area contributed by atoms with E-state index in [1.54, 1.807) is 11.0 Å². The van der Waals surface area contributed by atoms with E-state index in [0.29, 0.717) is 11.8 Å². The first-order valence-corrected chi connectivity index (χ1v) is 6.64. The highest BCUT2D eigenvalue weighted by Gasteiger charge is 2.29. The maximum absolute atomic E-state index is 11.8. The highest BCUT2D eigenvalue weighted by Crippen LogP contribution is 2.26. The summed E-state index contributed by atoms with van der Waals surface area (Å²) in [5.74, 6) is -0.647. The molecule has 0 bridgehead atoms. The van der Waals surface area contributed by atoms with Crippen LogP contribution < -0.4 is 0 Å². The molecule has 1 aromatic rings. The number of hydrogen-bond acceptors (Lipinski definition) is 4. The van der Waals surface area contributed by atoms with E-state index in [2.05, 4.69) is 4.98 Å². The lowest BCUT2D eigenvalue weighted by Gasteiger charge is -2.15. The number of carbonyl (C=O) groups excluding carboxylic acids is 1. The van der Waals surface area contributed by atoms with Gasteiger partial charge in [-0.05, 0) is 25.0 Å². The van der Waals surface area contributed by atoms with Crippen LogP contribution in [0.3, 0.4) is 0 Å². The Morgan fingerprint density at radius 1 is 1.56 bits per heavy atom. The van der Waals surface area contributed by atoms with Crippen molar-refractivity contribution >= 4 is 23.6 Å². The smallest absolute Gasteiger partial charge is 0.354 e. The number of pyridine rings is 1. The van der Waals surface area contributed by atoms with Gasteiger partial charge in [0.05, 0.1) is 5.75 Å². The van der Waals surface area contributed by atoms with Crippen molar-refractivity contribution in [3.63, 3.8) is 0 Å². The second kappa shape index (κ2) is 5.39. The zero-order valence-corrected chi connectivity index (χ0v) is 10.8. The Morgan fingerprint density at radius 2 is 2.28 bits per heavy atom. The second-order valence-electron chi connectivity index (χ2n) is 4.21. The van der Waals surface area contributed by atoms with Crippen LogP contribution in [-0.2, 0) is 4.79 Å². The van der Waals surface area contributed by atoms with Crippen molar-refractivity contribution in [1.82, 2.24) is 9.88 Å². The van der Waals surface area contributed by atoms with Gasteiger partial charge < -0.3 is 10.0 Å². The number of nitrogens with zero attached hydrogens (tertiary/aromatic N) is 2. The van der Waals surface area contributed by atoms with E-state index >= 15 is 0 Å². The first-order valence-electron chi connectivity index (χ1n) is 5.65. The van der Waals surface area contributed by atoms with Crippen molar-refractivity contribution in [2.45, 2.75) is 23.8 Å². The summed E-state index contributed by atoms with van der Waals surface area (Å²) in [6.45, 7) is 0. The molecule has 1 aliphatic carbocycles. The first-order chi connectivity index (χ1) is 8.58. The predicted octanol–water partition coefficient (Wildman–Crippen LogP) is 1.49. The zero-order valence-electron chi connectivity index (χ0n) is 10.00. The van der Waals surface area contributed by atoms with Gasteiger partial charge in [0, 0.05) is 24.2 Å². The number of carboxylic acids is 1. The molecule has 1 fully saturated rings. The topological polar surface area (TPSA) is 70.5 Å². The second-order valence-corrected chi connectivity index (χ2v) is 5.26. The molecule has 0 aliphatic heterocycles. The average molecular weight is 266 g/mol. The number of amides is 1. The molecule has 2 rings (SSSR count). The molecule has 0 saturated heterocycles. The summed E-state index contributed by atoms with van der Waals surface area (Å²) in [6.07, 6.45) is 3.62. The molecule has 0 unspecified atom stereocenters. The van der Waals surface area contributed by atoms with Gasteiger partial charge in [0.1, 0.15) is 5.69 Å². The molecule has 1 amide bonds. The lowest BCUT2D eigenvalue weighted by Crippen LogP contribution is -2.30. The minimum absolute atomic E-state index is 0.00277. The summed E-state index contributed by atoms with van der Waals surface area (Å²) >= 11 is 1.34. The van der Waals surface area contributed by atoms with Crippen molar-refractivity contribution in [2.75, 3.05) is 12.8 Å². The van der Waals surface area contributed by atoms with E-state index in [-0.39, 0.29) is 11.6 Å². The number of hydrogen-bond donors (Lipinski definition) is 1. The third kappa shape index (κ3) is 3.22. The first kappa shape index (κ1) is 12.9. The molecule has 1 aliphatic rings. The van der Waals surface area contributed by atoms with Gasteiger partial charge >= 0.3 is 5.97 Å². The lowest BCUT2D eigenvalue weighted by atomic mass is 10.3. The molecule has 0 atom stereocenters. The van der Waals surface area contributed by atoms with Crippen LogP contribution >= 0.6 is 11.8 Å². The molecule has 1 N–H and O–H groups in total. The highest BCUT2D eigenvalue weighted by atomic mass is 32.2. The van der Waals surface area contributed by atoms with Crippen LogP contribution in [0.15, 0.2) is 23.2 Å². The average Bonchev–Trinajstić information content (AvgIpc) is 3.19. The molecule has 0 spiro atoms. The van der Waals surface area contributed by atoms with Crippen molar-refractivity contribution in [2.24, 2.45) is 0 Å². The van der Waals surface area contributed by atoms with E-state index in [1.165, 1.54) is 24.0 Å². The van der Waals surface area contributed by atoms with E-state index < -0.39 is 5.97 Å². The Balaban J connectivity index is 1.91. The van der Waals surface area contributed by atoms with Crippen LogP contribution in [0.25, 0.3) is 0 Å². The monoisotopic (exact) mass is 266 g/mol. The molecular weight excluding hydrogens is 252 g/mol. The van der Waals surface area contributed by atoms with Gasteiger partial charge in [-0.2, -0.15) is 0 Å². The molecule has 5 nitrogen and oxygen atoms in total. The van der Waals surface area contributed by atoms with Crippen molar-refractivity contribution in [3.05, 3.63) is 24.0 Å². The van der Waals surface area contributed by atoms with Crippen LogP contribution in [-0.4, -0.2) is 45.7 Å². The summed E-state index contributed by atoms with van der Waals surface area (Å²) in [7, 11) is 1.82. The number of aromatic nitrogens is 1. The number of carboxylic acid groups (broad SMARTS) is 1. The molecule has 0 radical (unpaired) electrons. The van der Waals surface area contributed by atoms with Gasteiger partial charge in [-0.25, -0.2) is 9.78 Å². The molecule has 18 heavy (non-hydrogen) atoms. The summed E-state index contributed by atoms with van der Waals surface area (Å²) in [6, 6.07) is 3.60. The summed E-state index contributed by atoms with van der Waals surface area (Å²) < 4.78 is 0. The van der Waals surface area contributed by atoms with Crippen molar-refractivity contribution in [3.8, 4) is 0 Å². The minimum Gasteiger partial charge on any atom is -0.477 e. The number of thioether (sulfide) groups is 1. The van der Waals surface area contributed by atoms with Gasteiger partial charge in [-0.15, -0.1) is 11.8 Å². The fourth-order valence-corrected chi connectivity index (χ4v) is 2.38. The van der Waals surface area contributed by atoms with E-state index in [1.807, 2.05) is 7.05 Å². The fourth-order valence-electron chi connectivity index (χ4n) is 1.53. The van der Waals surface area contributed by atoms with Gasteiger partial charge in [0.15, 0.2) is 0 Å². The van der Waals surface area contributed by atoms with Crippen LogP contribution in [0.2, 0.25) is 0 Å². The zero-order chi connectivity index (χ0) is 13.1. The Kier molecular flexibility index (Phi) is 3.86. The highest BCUT2D eigenvalue weighted by molar-refractivity contribution is 8.00. The van der Waals surface area contributed by atoms with Crippen LogP contribution in [0.4, 0.5) is 0 Å². The molecule has 1 aromatic heterocycles. The fraction of sp³-hybridized carbons (Fsp3) is 0.417. The Labute approximate surface area is 109 Å². The predicted molar refractivity (Wildman–Crippen MR) is 67.7 cm³/mol. The summed E-state index contributed by atoms with van der Waals surface area (Å²) in [5.41, 5.74) is 0.00277. The number of rotatable bonds is 5. The van der Waals surface area contributed by atoms with Crippen LogP contribution in [0, 0.1) is 0 Å². The summed E-state index contributed by atoms with van der Waals surface area (Å²) in [4.78, 5) is 28.8. The lowest BCUT2D eigenvalue weighted by molar-refractivity contribution is -0.127. The van der Waals surface area contributed by atoms with Crippen molar-refractivity contribution < 1.29 is 14.7 Å². The molecule has 0 aromatic carbocycles. The maximum Gasteiger partial charge on any atom is 0.354 e. The minimum atomic E-state index is -1.06.